The Balaban J connectivity index is 2.33. The Kier molecular flexibility index (Phi) is 3.20. The van der Waals surface area contributed by atoms with E-state index in [1.54, 1.807) is 18.2 Å². The summed E-state index contributed by atoms with van der Waals surface area (Å²) < 4.78 is 5.48. The van der Waals surface area contributed by atoms with Crippen molar-refractivity contribution < 1.29 is 14.3 Å². The number of halogens is 1. The Labute approximate surface area is 104 Å². The standard InChI is InChI=1S/C13H11ClO3/c1-8-6-9(14)2-4-11(8)12-5-3-10(17-12)7-13(15)16/h2-6H,7H2,1H3,(H,15,16). The maximum absolute atomic E-state index is 10.5. The summed E-state index contributed by atoms with van der Waals surface area (Å²) >= 11 is 5.87. The van der Waals surface area contributed by atoms with E-state index in [0.29, 0.717) is 16.5 Å². The largest absolute Gasteiger partial charge is 0.481 e. The van der Waals surface area contributed by atoms with Crippen LogP contribution in [0.1, 0.15) is 11.3 Å². The molecule has 0 saturated carbocycles. The van der Waals surface area contributed by atoms with Gasteiger partial charge in [0.05, 0.1) is 0 Å². The van der Waals surface area contributed by atoms with Crippen molar-refractivity contribution in [1.29, 1.82) is 0 Å². The fraction of sp³-hybridized carbons (Fsp3) is 0.154. The van der Waals surface area contributed by atoms with Crippen molar-refractivity contribution in [2.24, 2.45) is 0 Å². The number of aryl methyl sites for hydroxylation is 1. The van der Waals surface area contributed by atoms with Gasteiger partial charge in [0.15, 0.2) is 0 Å². The predicted octanol–water partition coefficient (Wildman–Crippen LogP) is 3.54. The number of carbonyl (C=O) groups is 1. The van der Waals surface area contributed by atoms with E-state index in [4.69, 9.17) is 21.1 Å². The Morgan fingerprint density at radius 1 is 1.35 bits per heavy atom. The number of rotatable bonds is 3. The molecule has 0 radical (unpaired) electrons. The predicted molar refractivity (Wildman–Crippen MR) is 65.2 cm³/mol. The van der Waals surface area contributed by atoms with E-state index in [2.05, 4.69) is 0 Å². The highest BCUT2D eigenvalue weighted by molar-refractivity contribution is 6.30. The lowest BCUT2D eigenvalue weighted by Crippen LogP contribution is -1.97. The Hall–Kier alpha value is -1.74. The first-order valence-corrected chi connectivity index (χ1v) is 5.51. The molecule has 0 bridgehead atoms. The van der Waals surface area contributed by atoms with Crippen LogP contribution in [-0.4, -0.2) is 11.1 Å². The van der Waals surface area contributed by atoms with Gasteiger partial charge >= 0.3 is 5.97 Å². The van der Waals surface area contributed by atoms with Gasteiger partial charge in [0.2, 0.25) is 0 Å². The molecule has 2 rings (SSSR count). The molecule has 3 nitrogen and oxygen atoms in total. The van der Waals surface area contributed by atoms with Crippen LogP contribution in [0, 0.1) is 6.92 Å². The summed E-state index contributed by atoms with van der Waals surface area (Å²) in [6.07, 6.45) is -0.105. The van der Waals surface area contributed by atoms with E-state index in [-0.39, 0.29) is 6.42 Å². The topological polar surface area (TPSA) is 50.4 Å². The molecule has 0 saturated heterocycles. The molecule has 88 valence electrons. The van der Waals surface area contributed by atoms with Gasteiger partial charge < -0.3 is 9.52 Å². The second-order valence-electron chi connectivity index (χ2n) is 3.80. The molecule has 0 amide bonds. The van der Waals surface area contributed by atoms with Crippen LogP contribution in [0.2, 0.25) is 5.02 Å². The van der Waals surface area contributed by atoms with Gasteiger partial charge in [0.1, 0.15) is 17.9 Å². The van der Waals surface area contributed by atoms with E-state index < -0.39 is 5.97 Å². The lowest BCUT2D eigenvalue weighted by atomic mass is 10.1. The lowest BCUT2D eigenvalue weighted by Gasteiger charge is -2.02. The molecule has 0 atom stereocenters. The minimum atomic E-state index is -0.904. The first-order valence-electron chi connectivity index (χ1n) is 5.13. The summed E-state index contributed by atoms with van der Waals surface area (Å²) in [6.45, 7) is 1.93. The third-order valence-corrected chi connectivity index (χ3v) is 2.68. The molecular weight excluding hydrogens is 240 g/mol. The minimum absolute atomic E-state index is 0.105. The van der Waals surface area contributed by atoms with E-state index in [1.807, 2.05) is 19.1 Å². The van der Waals surface area contributed by atoms with Crippen LogP contribution >= 0.6 is 11.6 Å². The van der Waals surface area contributed by atoms with Gasteiger partial charge in [-0.2, -0.15) is 0 Å². The smallest absolute Gasteiger partial charge is 0.311 e. The van der Waals surface area contributed by atoms with Gasteiger partial charge in [-0.1, -0.05) is 11.6 Å². The molecule has 0 aliphatic rings. The van der Waals surface area contributed by atoms with Crippen LogP contribution in [0.5, 0.6) is 0 Å². The molecule has 0 unspecified atom stereocenters. The summed E-state index contributed by atoms with van der Waals surface area (Å²) in [6, 6.07) is 8.94. The molecular formula is C13H11ClO3. The molecule has 4 heteroatoms. The van der Waals surface area contributed by atoms with Crippen LogP contribution in [0.25, 0.3) is 11.3 Å². The highest BCUT2D eigenvalue weighted by Crippen LogP contribution is 2.27. The number of carboxylic acid groups (broad SMARTS) is 1. The lowest BCUT2D eigenvalue weighted by molar-refractivity contribution is -0.136. The molecule has 17 heavy (non-hydrogen) atoms. The van der Waals surface area contributed by atoms with Crippen molar-refractivity contribution >= 4 is 17.6 Å². The highest BCUT2D eigenvalue weighted by atomic mass is 35.5. The normalized spacial score (nSPS) is 10.5. The summed E-state index contributed by atoms with van der Waals surface area (Å²) in [7, 11) is 0. The van der Waals surface area contributed by atoms with Gasteiger partial charge in [-0.05, 0) is 42.8 Å². The Morgan fingerprint density at radius 2 is 2.12 bits per heavy atom. The van der Waals surface area contributed by atoms with Crippen LogP contribution in [0.4, 0.5) is 0 Å². The number of benzene rings is 1. The van der Waals surface area contributed by atoms with Crippen LogP contribution < -0.4 is 0 Å². The molecule has 0 aliphatic heterocycles. The number of hydrogen-bond acceptors (Lipinski definition) is 2. The molecule has 1 N–H and O–H groups in total. The first kappa shape index (κ1) is 11.7. The third kappa shape index (κ3) is 2.68. The third-order valence-electron chi connectivity index (χ3n) is 2.44. The molecule has 1 aromatic heterocycles. The number of hydrogen-bond donors (Lipinski definition) is 1. The van der Waals surface area contributed by atoms with E-state index in [9.17, 15) is 4.79 Å². The van der Waals surface area contributed by atoms with Gasteiger partial charge in [0.25, 0.3) is 0 Å². The zero-order valence-corrected chi connectivity index (χ0v) is 9.99. The maximum atomic E-state index is 10.5. The van der Waals surface area contributed by atoms with Crippen molar-refractivity contribution in [3.63, 3.8) is 0 Å². The second kappa shape index (κ2) is 4.63. The molecule has 2 aromatic rings. The van der Waals surface area contributed by atoms with E-state index in [1.165, 1.54) is 0 Å². The summed E-state index contributed by atoms with van der Waals surface area (Å²) in [5.41, 5.74) is 1.92. The monoisotopic (exact) mass is 250 g/mol. The van der Waals surface area contributed by atoms with Crippen LogP contribution in [0.15, 0.2) is 34.7 Å². The van der Waals surface area contributed by atoms with Crippen molar-refractivity contribution in [2.75, 3.05) is 0 Å². The van der Waals surface area contributed by atoms with Crippen LogP contribution in [-0.2, 0) is 11.2 Å². The molecule has 0 fully saturated rings. The maximum Gasteiger partial charge on any atom is 0.311 e. The van der Waals surface area contributed by atoms with Crippen molar-refractivity contribution in [3.8, 4) is 11.3 Å². The van der Waals surface area contributed by atoms with Crippen LogP contribution in [0.3, 0.4) is 0 Å². The minimum Gasteiger partial charge on any atom is -0.481 e. The van der Waals surface area contributed by atoms with Crippen molar-refractivity contribution in [2.45, 2.75) is 13.3 Å². The van der Waals surface area contributed by atoms with E-state index >= 15 is 0 Å². The fourth-order valence-electron chi connectivity index (χ4n) is 1.67. The quantitative estimate of drug-likeness (QED) is 0.907. The van der Waals surface area contributed by atoms with Crippen molar-refractivity contribution in [3.05, 3.63) is 46.7 Å². The number of aliphatic carboxylic acids is 1. The van der Waals surface area contributed by atoms with Gasteiger partial charge in [-0.3, -0.25) is 4.79 Å². The fourth-order valence-corrected chi connectivity index (χ4v) is 1.90. The first-order chi connectivity index (χ1) is 8.06. The molecule has 0 spiro atoms. The number of furan rings is 1. The molecule has 1 aromatic carbocycles. The Bertz CT molecular complexity index is 558. The average Bonchev–Trinajstić information content (AvgIpc) is 2.65. The zero-order valence-electron chi connectivity index (χ0n) is 9.24. The van der Waals surface area contributed by atoms with Gasteiger partial charge in [-0.25, -0.2) is 0 Å². The average molecular weight is 251 g/mol. The number of carboxylic acids is 1. The molecule has 1 heterocycles. The van der Waals surface area contributed by atoms with Crippen molar-refractivity contribution in [1.82, 2.24) is 0 Å². The Morgan fingerprint density at radius 3 is 2.76 bits per heavy atom. The van der Waals surface area contributed by atoms with E-state index in [0.717, 1.165) is 11.1 Å². The summed E-state index contributed by atoms with van der Waals surface area (Å²) in [4.78, 5) is 10.5. The SMILES string of the molecule is Cc1cc(Cl)ccc1-c1ccc(CC(=O)O)o1. The second-order valence-corrected chi connectivity index (χ2v) is 4.23. The summed E-state index contributed by atoms with van der Waals surface area (Å²) in [5.74, 6) is 0.205. The zero-order chi connectivity index (χ0) is 12.4. The summed E-state index contributed by atoms with van der Waals surface area (Å²) in [5, 5.41) is 9.33. The molecule has 0 aliphatic carbocycles. The van der Waals surface area contributed by atoms with Gasteiger partial charge in [-0.15, -0.1) is 0 Å². The highest BCUT2D eigenvalue weighted by Gasteiger charge is 2.09. The van der Waals surface area contributed by atoms with Gasteiger partial charge in [0, 0.05) is 10.6 Å².